The maximum atomic E-state index is 13.1. The van der Waals surface area contributed by atoms with Gasteiger partial charge in [0.1, 0.15) is 0 Å². The first-order valence-corrected chi connectivity index (χ1v) is 11.9. The average molecular weight is 478 g/mol. The second kappa shape index (κ2) is 8.47. The van der Waals surface area contributed by atoms with Crippen LogP contribution in [0.1, 0.15) is 24.8 Å². The van der Waals surface area contributed by atoms with E-state index in [1.165, 1.54) is 4.31 Å². The molecule has 3 aliphatic heterocycles. The average Bonchev–Trinajstić information content (AvgIpc) is 3.14. The molecule has 8 nitrogen and oxygen atoms in total. The Balaban J connectivity index is 1.37. The van der Waals surface area contributed by atoms with Crippen LogP contribution in [0.5, 0.6) is 0 Å². The number of aliphatic hydroxyl groups excluding tert-OH is 1. The Morgan fingerprint density at radius 2 is 1.94 bits per heavy atom. The zero-order valence-corrected chi connectivity index (χ0v) is 18.1. The molecular formula is C20H25F3N2O6S. The number of alkyl halides is 3. The van der Waals surface area contributed by atoms with E-state index in [4.69, 9.17) is 9.84 Å². The summed E-state index contributed by atoms with van der Waals surface area (Å²) in [6, 6.07) is 6.59. The topological polar surface area (TPSA) is 96.4 Å². The van der Waals surface area contributed by atoms with Crippen LogP contribution in [-0.2, 0) is 25.9 Å². The molecule has 0 aliphatic carbocycles. The lowest BCUT2D eigenvalue weighted by Gasteiger charge is -2.39. The maximum absolute atomic E-state index is 13.1. The summed E-state index contributed by atoms with van der Waals surface area (Å²) >= 11 is 0. The van der Waals surface area contributed by atoms with Crippen molar-refractivity contribution in [1.29, 1.82) is 0 Å². The second-order valence-electron chi connectivity index (χ2n) is 8.41. The van der Waals surface area contributed by atoms with Gasteiger partial charge in [-0.05, 0) is 37.3 Å². The van der Waals surface area contributed by atoms with Crippen LogP contribution in [0.4, 0.5) is 18.0 Å². The van der Waals surface area contributed by atoms with Crippen molar-refractivity contribution in [3.63, 3.8) is 0 Å². The van der Waals surface area contributed by atoms with E-state index in [1.807, 2.05) is 12.1 Å². The van der Waals surface area contributed by atoms with Gasteiger partial charge >= 0.3 is 12.3 Å². The van der Waals surface area contributed by atoms with Crippen LogP contribution < -0.4 is 0 Å². The van der Waals surface area contributed by atoms with E-state index in [0.29, 0.717) is 37.1 Å². The first-order valence-electron chi connectivity index (χ1n) is 10.4. The molecule has 0 saturated carbocycles. The number of benzene rings is 1. The summed E-state index contributed by atoms with van der Waals surface area (Å²) in [5, 5.41) is 8.84. The van der Waals surface area contributed by atoms with E-state index in [0.717, 1.165) is 10.5 Å². The molecule has 2 atom stereocenters. The molecule has 12 heteroatoms. The standard InChI is InChI=1S/C20H25F3N2O6S/c21-20(22,23)17(12-26)31-18(27)24-9-6-19(7-10-24)11-15(13-30-19)25-8-5-14-3-1-2-4-16(14)32(25,28)29/h1-4,15,17,26H,5-13H2/t15?,17-/m1/s1. The van der Waals surface area contributed by atoms with Crippen molar-refractivity contribution in [2.24, 2.45) is 0 Å². The first kappa shape index (κ1) is 23.3. The predicted octanol–water partition coefficient (Wildman–Crippen LogP) is 1.92. The number of piperidine rings is 1. The van der Waals surface area contributed by atoms with Crippen molar-refractivity contribution in [2.45, 2.75) is 54.5 Å². The van der Waals surface area contributed by atoms with Gasteiger partial charge in [0.25, 0.3) is 0 Å². The van der Waals surface area contributed by atoms with E-state index in [1.54, 1.807) is 12.1 Å². The van der Waals surface area contributed by atoms with Gasteiger partial charge in [0.2, 0.25) is 16.1 Å². The summed E-state index contributed by atoms with van der Waals surface area (Å²) in [6.45, 7) is -0.506. The highest BCUT2D eigenvalue weighted by molar-refractivity contribution is 7.89. The molecule has 1 N–H and O–H groups in total. The number of aliphatic hydroxyl groups is 1. The zero-order chi connectivity index (χ0) is 23.1. The minimum absolute atomic E-state index is 0.122. The summed E-state index contributed by atoms with van der Waals surface area (Å²) in [5.41, 5.74) is 0.165. The molecule has 2 saturated heterocycles. The number of hydrogen-bond acceptors (Lipinski definition) is 6. The highest BCUT2D eigenvalue weighted by atomic mass is 32.2. The predicted molar refractivity (Wildman–Crippen MR) is 105 cm³/mol. The summed E-state index contributed by atoms with van der Waals surface area (Å²) in [7, 11) is -3.64. The number of hydrogen-bond donors (Lipinski definition) is 1. The van der Waals surface area contributed by atoms with Crippen LogP contribution in [0.15, 0.2) is 29.2 Å². The van der Waals surface area contributed by atoms with Gasteiger partial charge in [0, 0.05) is 19.6 Å². The molecule has 3 heterocycles. The van der Waals surface area contributed by atoms with Gasteiger partial charge < -0.3 is 19.5 Å². The number of rotatable bonds is 3. The molecular weight excluding hydrogens is 453 g/mol. The van der Waals surface area contributed by atoms with Crippen LogP contribution in [-0.4, -0.2) is 85.6 Å². The lowest BCUT2D eigenvalue weighted by atomic mass is 9.87. The summed E-state index contributed by atoms with van der Waals surface area (Å²) < 4.78 is 76.3. The number of likely N-dealkylation sites (tertiary alicyclic amines) is 1. The third-order valence-corrected chi connectivity index (χ3v) is 8.52. The molecule has 3 aliphatic rings. The van der Waals surface area contributed by atoms with Gasteiger partial charge in [-0.3, -0.25) is 0 Å². The SMILES string of the molecule is O=C(O[C@H](CO)C(F)(F)F)N1CCC2(CC1)CC(N1CCc3ccccc3S1(=O)=O)CO2. The molecule has 1 aromatic carbocycles. The monoisotopic (exact) mass is 478 g/mol. The lowest BCUT2D eigenvalue weighted by Crippen LogP contribution is -2.50. The molecule has 0 bridgehead atoms. The Morgan fingerprint density at radius 1 is 1.25 bits per heavy atom. The third-order valence-electron chi connectivity index (χ3n) is 6.46. The van der Waals surface area contributed by atoms with E-state index >= 15 is 0 Å². The van der Waals surface area contributed by atoms with E-state index in [9.17, 15) is 26.4 Å². The number of sulfonamides is 1. The van der Waals surface area contributed by atoms with Crippen molar-refractivity contribution in [3.8, 4) is 0 Å². The minimum Gasteiger partial charge on any atom is -0.434 e. The number of halogens is 3. The van der Waals surface area contributed by atoms with Gasteiger partial charge in [0.15, 0.2) is 0 Å². The molecule has 1 aromatic rings. The minimum atomic E-state index is -4.85. The van der Waals surface area contributed by atoms with Crippen molar-refractivity contribution >= 4 is 16.1 Å². The second-order valence-corrected chi connectivity index (χ2v) is 10.3. The van der Waals surface area contributed by atoms with Gasteiger partial charge in [-0.1, -0.05) is 18.2 Å². The first-order chi connectivity index (χ1) is 15.1. The van der Waals surface area contributed by atoms with E-state index in [-0.39, 0.29) is 25.7 Å². The Hall–Kier alpha value is -1.89. The smallest absolute Gasteiger partial charge is 0.427 e. The van der Waals surface area contributed by atoms with E-state index < -0.39 is 40.6 Å². The highest BCUT2D eigenvalue weighted by Crippen LogP contribution is 2.40. The number of carbonyl (C=O) groups is 1. The fraction of sp³-hybridized carbons (Fsp3) is 0.650. The van der Waals surface area contributed by atoms with Gasteiger partial charge in [-0.2, -0.15) is 17.5 Å². The molecule has 0 radical (unpaired) electrons. The van der Waals surface area contributed by atoms with Crippen LogP contribution in [0.2, 0.25) is 0 Å². The van der Waals surface area contributed by atoms with Crippen molar-refractivity contribution in [1.82, 2.24) is 9.21 Å². The molecule has 1 spiro atoms. The third kappa shape index (κ3) is 4.33. The number of amides is 1. The fourth-order valence-electron chi connectivity index (χ4n) is 4.67. The van der Waals surface area contributed by atoms with Crippen LogP contribution in [0.25, 0.3) is 0 Å². The van der Waals surface area contributed by atoms with Crippen molar-refractivity contribution in [3.05, 3.63) is 29.8 Å². The Labute approximate surface area is 183 Å². The highest BCUT2D eigenvalue weighted by Gasteiger charge is 2.49. The van der Waals surface area contributed by atoms with Gasteiger partial charge in [-0.15, -0.1) is 0 Å². The molecule has 178 valence electrons. The summed E-state index contributed by atoms with van der Waals surface area (Å²) in [4.78, 5) is 13.6. The molecule has 4 rings (SSSR count). The van der Waals surface area contributed by atoms with Crippen molar-refractivity contribution < 1.29 is 41.0 Å². The van der Waals surface area contributed by atoms with Gasteiger partial charge in [-0.25, -0.2) is 13.2 Å². The van der Waals surface area contributed by atoms with E-state index in [2.05, 4.69) is 4.74 Å². The van der Waals surface area contributed by atoms with Crippen molar-refractivity contribution in [2.75, 3.05) is 32.8 Å². The fourth-order valence-corrected chi connectivity index (χ4v) is 6.54. The lowest BCUT2D eigenvalue weighted by molar-refractivity contribution is -0.215. The Bertz CT molecular complexity index is 962. The normalized spacial score (nSPS) is 26.0. The maximum Gasteiger partial charge on any atom is 0.427 e. The van der Waals surface area contributed by atoms with Crippen LogP contribution in [0, 0.1) is 0 Å². The molecule has 32 heavy (non-hydrogen) atoms. The molecule has 1 amide bonds. The largest absolute Gasteiger partial charge is 0.434 e. The number of fused-ring (bicyclic) bond motifs is 1. The summed E-state index contributed by atoms with van der Waals surface area (Å²) in [5.74, 6) is 0. The number of carbonyl (C=O) groups excluding carboxylic acids is 1. The zero-order valence-electron chi connectivity index (χ0n) is 17.3. The van der Waals surface area contributed by atoms with Gasteiger partial charge in [0.05, 0.1) is 29.8 Å². The summed E-state index contributed by atoms with van der Waals surface area (Å²) in [6.07, 6.45) is -6.76. The quantitative estimate of drug-likeness (QED) is 0.713. The molecule has 2 fully saturated rings. The Kier molecular flexibility index (Phi) is 6.16. The Morgan fingerprint density at radius 3 is 2.59 bits per heavy atom. The van der Waals surface area contributed by atoms with Crippen LogP contribution in [0.3, 0.4) is 0 Å². The number of nitrogens with zero attached hydrogens (tertiary/aromatic N) is 2. The molecule has 1 unspecified atom stereocenters. The molecule has 0 aromatic heterocycles. The van der Waals surface area contributed by atoms with Crippen LogP contribution >= 0.6 is 0 Å². The number of ether oxygens (including phenoxy) is 2.